The molecule has 5 nitrogen and oxygen atoms in total. The molecule has 1 aromatic heterocycles. The van der Waals surface area contributed by atoms with Crippen LogP contribution >= 0.6 is 11.6 Å². The second-order valence-electron chi connectivity index (χ2n) is 4.62. The van der Waals surface area contributed by atoms with Crippen LogP contribution in [0.5, 0.6) is 0 Å². The second-order valence-corrected chi connectivity index (χ2v) is 4.96. The van der Waals surface area contributed by atoms with Gasteiger partial charge < -0.3 is 10.1 Å². The third-order valence-electron chi connectivity index (χ3n) is 1.82. The number of halogens is 1. The summed E-state index contributed by atoms with van der Waals surface area (Å²) in [4.78, 5) is 19.3. The van der Waals surface area contributed by atoms with Gasteiger partial charge in [0.2, 0.25) is 5.28 Å². The largest absolute Gasteiger partial charge is 0.444 e. The van der Waals surface area contributed by atoms with E-state index >= 15 is 0 Å². The quantitative estimate of drug-likeness (QED) is 0.828. The van der Waals surface area contributed by atoms with Gasteiger partial charge in [-0.05, 0) is 45.4 Å². The molecule has 0 radical (unpaired) electrons. The van der Waals surface area contributed by atoms with E-state index in [1.54, 1.807) is 33.8 Å². The molecule has 6 heteroatoms. The van der Waals surface area contributed by atoms with Crippen molar-refractivity contribution in [3.8, 4) is 0 Å². The monoisotopic (exact) mass is 257 g/mol. The lowest BCUT2D eigenvalue weighted by Crippen LogP contribution is -2.34. The number of carbonyl (C=O) groups excluding carboxylic acids is 1. The standard InChI is InChI=1S/C11H16ClN3O2/c1-7(8-5-6-13-9(12)15-8)14-10(16)17-11(2,3)4/h5-7H,1-4H3,(H,14,16). The van der Waals surface area contributed by atoms with Gasteiger partial charge in [-0.25, -0.2) is 14.8 Å². The van der Waals surface area contributed by atoms with Gasteiger partial charge in [-0.1, -0.05) is 0 Å². The highest BCUT2D eigenvalue weighted by atomic mass is 35.5. The highest BCUT2D eigenvalue weighted by Gasteiger charge is 2.18. The molecule has 1 rings (SSSR count). The Hall–Kier alpha value is -1.36. The molecule has 1 heterocycles. The van der Waals surface area contributed by atoms with Crippen LogP contribution in [0.3, 0.4) is 0 Å². The van der Waals surface area contributed by atoms with Crippen LogP contribution in [-0.4, -0.2) is 21.7 Å². The van der Waals surface area contributed by atoms with Gasteiger partial charge in [-0.3, -0.25) is 0 Å². The van der Waals surface area contributed by atoms with Crippen LogP contribution < -0.4 is 5.32 Å². The Kier molecular flexibility index (Phi) is 4.28. The molecular formula is C11H16ClN3O2. The van der Waals surface area contributed by atoms with Crippen LogP contribution in [0, 0.1) is 0 Å². The van der Waals surface area contributed by atoms with Gasteiger partial charge in [0, 0.05) is 6.20 Å². The van der Waals surface area contributed by atoms with Crippen LogP contribution in [0.25, 0.3) is 0 Å². The molecular weight excluding hydrogens is 242 g/mol. The minimum atomic E-state index is -0.521. The molecule has 0 saturated heterocycles. The smallest absolute Gasteiger partial charge is 0.408 e. The molecule has 0 aliphatic carbocycles. The molecule has 0 saturated carbocycles. The van der Waals surface area contributed by atoms with Crippen molar-refractivity contribution in [1.29, 1.82) is 0 Å². The summed E-state index contributed by atoms with van der Waals surface area (Å²) in [5.74, 6) is 0. The van der Waals surface area contributed by atoms with Crippen molar-refractivity contribution in [1.82, 2.24) is 15.3 Å². The first-order chi connectivity index (χ1) is 7.78. The van der Waals surface area contributed by atoms with Crippen LogP contribution in [0.15, 0.2) is 12.3 Å². The number of amides is 1. The summed E-state index contributed by atoms with van der Waals surface area (Å²) in [6, 6.07) is 1.40. The lowest BCUT2D eigenvalue weighted by atomic mass is 10.2. The molecule has 1 aromatic rings. The number of aromatic nitrogens is 2. The van der Waals surface area contributed by atoms with Gasteiger partial charge >= 0.3 is 6.09 Å². The molecule has 1 atom stereocenters. The minimum absolute atomic E-state index is 0.153. The summed E-state index contributed by atoms with van der Waals surface area (Å²) in [6.07, 6.45) is 1.05. The zero-order valence-corrected chi connectivity index (χ0v) is 11.1. The summed E-state index contributed by atoms with van der Waals surface area (Å²) in [6.45, 7) is 7.21. The normalized spacial score (nSPS) is 13.0. The fourth-order valence-electron chi connectivity index (χ4n) is 1.15. The molecule has 0 bridgehead atoms. The maximum absolute atomic E-state index is 11.5. The van der Waals surface area contributed by atoms with Crippen molar-refractivity contribution in [3.05, 3.63) is 23.2 Å². The molecule has 1 N–H and O–H groups in total. The van der Waals surface area contributed by atoms with Crippen LogP contribution in [0.4, 0.5) is 4.79 Å². The Morgan fingerprint density at radius 3 is 2.71 bits per heavy atom. The molecule has 94 valence electrons. The fraction of sp³-hybridized carbons (Fsp3) is 0.545. The van der Waals surface area contributed by atoms with Crippen molar-refractivity contribution in [2.45, 2.75) is 39.3 Å². The maximum Gasteiger partial charge on any atom is 0.408 e. The topological polar surface area (TPSA) is 64.1 Å². The third kappa shape index (κ3) is 4.99. The summed E-state index contributed by atoms with van der Waals surface area (Å²) < 4.78 is 5.13. The Morgan fingerprint density at radius 2 is 2.18 bits per heavy atom. The number of nitrogens with one attached hydrogen (secondary N) is 1. The Balaban J connectivity index is 2.61. The zero-order chi connectivity index (χ0) is 13.1. The Bertz CT molecular complexity index is 404. The van der Waals surface area contributed by atoms with Gasteiger partial charge in [0.15, 0.2) is 0 Å². The number of hydrogen-bond acceptors (Lipinski definition) is 4. The lowest BCUT2D eigenvalue weighted by molar-refractivity contribution is 0.0507. The van der Waals surface area contributed by atoms with Gasteiger partial charge in [0.25, 0.3) is 0 Å². The van der Waals surface area contributed by atoms with E-state index in [9.17, 15) is 4.79 Å². The van der Waals surface area contributed by atoms with E-state index in [0.29, 0.717) is 5.69 Å². The van der Waals surface area contributed by atoms with E-state index in [1.165, 1.54) is 6.20 Å². The first-order valence-corrected chi connectivity index (χ1v) is 5.64. The van der Waals surface area contributed by atoms with Gasteiger partial charge in [-0.15, -0.1) is 0 Å². The summed E-state index contributed by atoms with van der Waals surface area (Å²) >= 11 is 5.67. The van der Waals surface area contributed by atoms with Crippen LogP contribution in [0.2, 0.25) is 5.28 Å². The predicted octanol–water partition coefficient (Wildman–Crippen LogP) is 2.72. The van der Waals surface area contributed by atoms with E-state index in [0.717, 1.165) is 0 Å². The summed E-state index contributed by atoms with van der Waals surface area (Å²) in [5, 5.41) is 2.82. The average Bonchev–Trinajstić information content (AvgIpc) is 2.14. The zero-order valence-electron chi connectivity index (χ0n) is 10.3. The first-order valence-electron chi connectivity index (χ1n) is 5.26. The van der Waals surface area contributed by atoms with Crippen molar-refractivity contribution < 1.29 is 9.53 Å². The fourth-order valence-corrected chi connectivity index (χ4v) is 1.30. The first kappa shape index (κ1) is 13.7. The van der Waals surface area contributed by atoms with E-state index in [4.69, 9.17) is 16.3 Å². The highest BCUT2D eigenvalue weighted by molar-refractivity contribution is 6.28. The molecule has 0 aromatic carbocycles. The molecule has 17 heavy (non-hydrogen) atoms. The van der Waals surface area contributed by atoms with E-state index < -0.39 is 11.7 Å². The number of carbonyl (C=O) groups is 1. The SMILES string of the molecule is CC(NC(=O)OC(C)(C)C)c1ccnc(Cl)n1. The molecule has 1 unspecified atom stereocenters. The highest BCUT2D eigenvalue weighted by Crippen LogP contribution is 2.12. The van der Waals surface area contributed by atoms with Gasteiger partial charge in [-0.2, -0.15) is 0 Å². The van der Waals surface area contributed by atoms with Gasteiger partial charge in [0.1, 0.15) is 5.60 Å². The molecule has 1 amide bonds. The number of alkyl carbamates (subject to hydrolysis) is 1. The maximum atomic E-state index is 11.5. The van der Waals surface area contributed by atoms with Crippen molar-refractivity contribution >= 4 is 17.7 Å². The third-order valence-corrected chi connectivity index (χ3v) is 2.01. The van der Waals surface area contributed by atoms with Crippen molar-refractivity contribution in [2.24, 2.45) is 0 Å². The molecule has 0 aliphatic rings. The second kappa shape index (κ2) is 5.31. The number of rotatable bonds is 2. The van der Waals surface area contributed by atoms with E-state index in [2.05, 4.69) is 15.3 Å². The molecule has 0 spiro atoms. The van der Waals surface area contributed by atoms with E-state index in [-0.39, 0.29) is 11.3 Å². The van der Waals surface area contributed by atoms with Crippen molar-refractivity contribution in [3.63, 3.8) is 0 Å². The minimum Gasteiger partial charge on any atom is -0.444 e. The Morgan fingerprint density at radius 1 is 1.53 bits per heavy atom. The molecule has 0 aliphatic heterocycles. The lowest BCUT2D eigenvalue weighted by Gasteiger charge is -2.21. The number of nitrogens with zero attached hydrogens (tertiary/aromatic N) is 2. The molecule has 0 fully saturated rings. The Labute approximate surface area is 106 Å². The van der Waals surface area contributed by atoms with E-state index in [1.807, 2.05) is 0 Å². The predicted molar refractivity (Wildman–Crippen MR) is 64.8 cm³/mol. The van der Waals surface area contributed by atoms with Crippen LogP contribution in [-0.2, 0) is 4.74 Å². The summed E-state index contributed by atoms with van der Waals surface area (Å²) in [5.41, 5.74) is 0.114. The van der Waals surface area contributed by atoms with Gasteiger partial charge in [0.05, 0.1) is 11.7 Å². The van der Waals surface area contributed by atoms with Crippen molar-refractivity contribution in [2.75, 3.05) is 0 Å². The average molecular weight is 258 g/mol. The van der Waals surface area contributed by atoms with Crippen LogP contribution in [0.1, 0.15) is 39.4 Å². The number of hydrogen-bond donors (Lipinski definition) is 1. The summed E-state index contributed by atoms with van der Waals surface area (Å²) in [7, 11) is 0. The number of ether oxygens (including phenoxy) is 1.